The third kappa shape index (κ3) is 3.18. The van der Waals surface area contributed by atoms with Gasteiger partial charge in [0.05, 0.1) is 11.4 Å². The van der Waals surface area contributed by atoms with Gasteiger partial charge in [0.25, 0.3) is 0 Å². The topological polar surface area (TPSA) is 20.3 Å². The van der Waals surface area contributed by atoms with Crippen LogP contribution in [0.1, 0.15) is 28.4 Å². The average molecular weight is 357 g/mol. The van der Waals surface area contributed by atoms with Crippen LogP contribution in [0.2, 0.25) is 0 Å². The van der Waals surface area contributed by atoms with Crippen LogP contribution in [0.4, 0.5) is 11.4 Å². The lowest BCUT2D eigenvalue weighted by molar-refractivity contribution is 0.112. The van der Waals surface area contributed by atoms with E-state index < -0.39 is 0 Å². The van der Waals surface area contributed by atoms with Gasteiger partial charge in [-0.3, -0.25) is 4.79 Å². The van der Waals surface area contributed by atoms with Crippen LogP contribution in [0.25, 0.3) is 12.2 Å². The Morgan fingerprint density at radius 1 is 0.808 bits per heavy atom. The van der Waals surface area contributed by atoms with E-state index in [1.807, 2.05) is 36.0 Å². The summed E-state index contributed by atoms with van der Waals surface area (Å²) in [7, 11) is 0. The molecule has 1 heterocycles. The van der Waals surface area contributed by atoms with Crippen molar-refractivity contribution in [2.75, 3.05) is 11.4 Å². The number of carbonyl (C=O) groups is 1. The van der Waals surface area contributed by atoms with E-state index in [2.05, 4.69) is 66.4 Å². The summed E-state index contributed by atoms with van der Waals surface area (Å²) in [6.07, 6.45) is 5.06. The first-order valence-corrected chi connectivity index (χ1v) is 9.52. The molecule has 0 saturated heterocycles. The fourth-order valence-corrected chi connectivity index (χ4v) is 4.32. The van der Waals surface area contributed by atoms with Gasteiger partial charge in [0, 0.05) is 21.9 Å². The molecule has 1 aliphatic rings. The molecule has 0 aliphatic carbocycles. The van der Waals surface area contributed by atoms with Crippen molar-refractivity contribution < 1.29 is 4.79 Å². The Kier molecular flexibility index (Phi) is 4.63. The van der Waals surface area contributed by atoms with Crippen molar-refractivity contribution in [1.82, 2.24) is 0 Å². The molecule has 3 aromatic carbocycles. The fourth-order valence-electron chi connectivity index (χ4n) is 3.17. The van der Waals surface area contributed by atoms with Gasteiger partial charge < -0.3 is 4.90 Å². The molecule has 0 saturated carbocycles. The Morgan fingerprint density at radius 2 is 1.46 bits per heavy atom. The fraction of sp³-hybridized carbons (Fsp3) is 0.0870. The Balaban J connectivity index is 1.63. The van der Waals surface area contributed by atoms with Gasteiger partial charge in [-0.25, -0.2) is 0 Å². The predicted molar refractivity (Wildman–Crippen MR) is 110 cm³/mol. The van der Waals surface area contributed by atoms with Gasteiger partial charge in [-0.15, -0.1) is 0 Å². The molecule has 0 spiro atoms. The maximum atomic E-state index is 10.7. The minimum atomic E-state index is 0.700. The third-order valence-electron chi connectivity index (χ3n) is 4.51. The van der Waals surface area contributed by atoms with Gasteiger partial charge in [0.2, 0.25) is 0 Å². The number of nitrogens with zero attached hydrogens (tertiary/aromatic N) is 1. The molecule has 128 valence electrons. The summed E-state index contributed by atoms with van der Waals surface area (Å²) in [5.74, 6) is 0. The monoisotopic (exact) mass is 357 g/mol. The molecule has 3 aromatic rings. The summed E-state index contributed by atoms with van der Waals surface area (Å²) in [6, 6.07) is 22.8. The lowest BCUT2D eigenvalue weighted by atomic mass is 10.1. The maximum absolute atomic E-state index is 10.7. The molecule has 4 rings (SSSR count). The van der Waals surface area contributed by atoms with Crippen molar-refractivity contribution in [3.05, 3.63) is 83.4 Å². The summed E-state index contributed by atoms with van der Waals surface area (Å²) in [6.45, 7) is 3.14. The van der Waals surface area contributed by atoms with Gasteiger partial charge in [0.1, 0.15) is 6.29 Å². The number of fused-ring (bicyclic) bond motifs is 2. The highest BCUT2D eigenvalue weighted by molar-refractivity contribution is 7.99. The summed E-state index contributed by atoms with van der Waals surface area (Å²) in [5, 5.41) is 0. The van der Waals surface area contributed by atoms with Crippen molar-refractivity contribution in [3.63, 3.8) is 0 Å². The van der Waals surface area contributed by atoms with E-state index in [1.54, 1.807) is 0 Å². The van der Waals surface area contributed by atoms with Gasteiger partial charge in [-0.1, -0.05) is 66.4 Å². The quantitative estimate of drug-likeness (QED) is 0.404. The number of para-hydroxylation sites is 1. The Labute approximate surface area is 158 Å². The Hall–Kier alpha value is -2.78. The molecule has 26 heavy (non-hydrogen) atoms. The minimum Gasteiger partial charge on any atom is -0.340 e. The molecule has 0 bridgehead atoms. The first kappa shape index (κ1) is 16.7. The molecule has 0 aromatic heterocycles. The maximum Gasteiger partial charge on any atom is 0.150 e. The molecular weight excluding hydrogens is 338 g/mol. The highest BCUT2D eigenvalue weighted by Gasteiger charge is 2.21. The molecule has 0 unspecified atom stereocenters. The van der Waals surface area contributed by atoms with E-state index in [0.29, 0.717) is 5.56 Å². The number of hydrogen-bond acceptors (Lipinski definition) is 3. The number of carbonyl (C=O) groups excluding carboxylic acids is 1. The second-order valence-corrected chi connectivity index (χ2v) is 7.24. The molecule has 0 N–H and O–H groups in total. The number of hydrogen-bond donors (Lipinski definition) is 0. The largest absolute Gasteiger partial charge is 0.340 e. The summed E-state index contributed by atoms with van der Waals surface area (Å²) in [5.41, 5.74) is 5.51. The van der Waals surface area contributed by atoms with E-state index in [9.17, 15) is 4.79 Å². The summed E-state index contributed by atoms with van der Waals surface area (Å²) in [4.78, 5) is 15.7. The number of anilines is 2. The van der Waals surface area contributed by atoms with Crippen molar-refractivity contribution >= 4 is 41.6 Å². The van der Waals surface area contributed by atoms with Crippen LogP contribution < -0.4 is 4.90 Å². The standard InChI is InChI=1S/C23H19NOS/c1-2-24-20-5-3-4-6-22(20)26-23-15-18(13-14-21(23)24)10-7-17-8-11-19(16-25)12-9-17/h3-16H,2H2,1H3/b10-7+. The molecule has 0 radical (unpaired) electrons. The van der Waals surface area contributed by atoms with E-state index in [4.69, 9.17) is 0 Å². The van der Waals surface area contributed by atoms with Crippen LogP contribution in [-0.2, 0) is 0 Å². The summed E-state index contributed by atoms with van der Waals surface area (Å²) >= 11 is 1.83. The zero-order chi connectivity index (χ0) is 17.9. The lowest BCUT2D eigenvalue weighted by Gasteiger charge is -2.32. The van der Waals surface area contributed by atoms with Crippen LogP contribution in [0.5, 0.6) is 0 Å². The number of benzene rings is 3. The van der Waals surface area contributed by atoms with Gasteiger partial charge in [-0.2, -0.15) is 0 Å². The van der Waals surface area contributed by atoms with Crippen molar-refractivity contribution in [2.24, 2.45) is 0 Å². The lowest BCUT2D eigenvalue weighted by Crippen LogP contribution is -2.19. The zero-order valence-corrected chi connectivity index (χ0v) is 15.4. The molecule has 0 amide bonds. The van der Waals surface area contributed by atoms with Crippen LogP contribution in [-0.4, -0.2) is 12.8 Å². The second-order valence-electron chi connectivity index (χ2n) is 6.16. The van der Waals surface area contributed by atoms with Gasteiger partial charge >= 0.3 is 0 Å². The zero-order valence-electron chi connectivity index (χ0n) is 14.6. The van der Waals surface area contributed by atoms with Crippen molar-refractivity contribution in [3.8, 4) is 0 Å². The summed E-state index contributed by atoms with van der Waals surface area (Å²) < 4.78 is 0. The first-order valence-electron chi connectivity index (χ1n) is 8.70. The third-order valence-corrected chi connectivity index (χ3v) is 5.62. The number of rotatable bonds is 4. The molecule has 3 heteroatoms. The van der Waals surface area contributed by atoms with Crippen molar-refractivity contribution in [1.29, 1.82) is 0 Å². The van der Waals surface area contributed by atoms with Gasteiger partial charge in [0.15, 0.2) is 0 Å². The molecular formula is C23H19NOS. The minimum absolute atomic E-state index is 0.700. The molecule has 1 aliphatic heterocycles. The van der Waals surface area contributed by atoms with Gasteiger partial charge in [-0.05, 0) is 42.3 Å². The molecule has 0 fully saturated rings. The highest BCUT2D eigenvalue weighted by atomic mass is 32.2. The van der Waals surface area contributed by atoms with E-state index in [-0.39, 0.29) is 0 Å². The van der Waals surface area contributed by atoms with Crippen LogP contribution in [0.15, 0.2) is 76.5 Å². The Morgan fingerprint density at radius 3 is 2.23 bits per heavy atom. The van der Waals surface area contributed by atoms with Crippen LogP contribution >= 0.6 is 11.8 Å². The molecule has 2 nitrogen and oxygen atoms in total. The van der Waals surface area contributed by atoms with E-state index in [1.165, 1.54) is 26.7 Å². The average Bonchev–Trinajstić information content (AvgIpc) is 2.70. The predicted octanol–water partition coefficient (Wildman–Crippen LogP) is 6.29. The Bertz CT molecular complexity index is 976. The molecule has 0 atom stereocenters. The SMILES string of the molecule is CCN1c2ccccc2Sc2cc(/C=C/c3ccc(C=O)cc3)ccc21. The van der Waals surface area contributed by atoms with Crippen molar-refractivity contribution in [2.45, 2.75) is 16.7 Å². The van der Waals surface area contributed by atoms with Crippen LogP contribution in [0, 0.1) is 0 Å². The van der Waals surface area contributed by atoms with E-state index >= 15 is 0 Å². The normalized spacial score (nSPS) is 12.7. The van der Waals surface area contributed by atoms with Crippen LogP contribution in [0.3, 0.4) is 0 Å². The number of aldehydes is 1. The second kappa shape index (κ2) is 7.22. The first-order chi connectivity index (χ1) is 12.8. The highest BCUT2D eigenvalue weighted by Crippen LogP contribution is 2.48. The van der Waals surface area contributed by atoms with E-state index in [0.717, 1.165) is 18.4 Å². The smallest absolute Gasteiger partial charge is 0.150 e.